The molecule has 0 amide bonds. The van der Waals surface area contributed by atoms with Gasteiger partial charge < -0.3 is 9.47 Å². The Morgan fingerprint density at radius 3 is 1.08 bits per heavy atom. The number of carbonyl (C=O) groups is 2. The number of hydrogen-bond acceptors (Lipinski definition) is 4. The van der Waals surface area contributed by atoms with E-state index in [1.54, 1.807) is 0 Å². The largest absolute Gasteiger partial charge is 0.425 e. The highest BCUT2D eigenvalue weighted by Crippen LogP contribution is 2.43. The highest BCUT2D eigenvalue weighted by molar-refractivity contribution is 6.12. The zero-order valence-electron chi connectivity index (χ0n) is 23.6. The van der Waals surface area contributed by atoms with E-state index < -0.39 is 0 Å². The van der Waals surface area contributed by atoms with Gasteiger partial charge in [-0.3, -0.25) is 9.59 Å². The minimum atomic E-state index is -0.211. The van der Waals surface area contributed by atoms with Gasteiger partial charge in [0, 0.05) is 34.4 Å². The lowest BCUT2D eigenvalue weighted by Crippen LogP contribution is -2.10. The molecule has 206 valence electrons. The second-order valence-electron chi connectivity index (χ2n) is 10.4. The number of rotatable bonds is 18. The maximum Gasteiger partial charge on any atom is 0.311 e. The molecule has 0 bridgehead atoms. The molecule has 0 aliphatic carbocycles. The van der Waals surface area contributed by atoms with Gasteiger partial charge in [0.1, 0.15) is 11.5 Å². The molecule has 4 nitrogen and oxygen atoms in total. The van der Waals surface area contributed by atoms with Crippen LogP contribution in [0.2, 0.25) is 0 Å². The van der Waals surface area contributed by atoms with Gasteiger partial charge in [-0.2, -0.15) is 0 Å². The van der Waals surface area contributed by atoms with Crippen molar-refractivity contribution in [2.75, 3.05) is 0 Å². The molecule has 0 atom stereocenters. The Labute approximate surface area is 229 Å². The van der Waals surface area contributed by atoms with Crippen LogP contribution < -0.4 is 9.47 Å². The molecule has 0 radical (unpaired) electrons. The lowest BCUT2D eigenvalue weighted by Gasteiger charge is -2.16. The zero-order valence-corrected chi connectivity index (χ0v) is 23.6. The van der Waals surface area contributed by atoms with E-state index in [2.05, 4.69) is 13.8 Å². The zero-order chi connectivity index (χ0) is 27.0. The van der Waals surface area contributed by atoms with Crippen molar-refractivity contribution < 1.29 is 19.1 Å². The fraction of sp³-hybridized carbons (Fsp3) is 0.529. The van der Waals surface area contributed by atoms with Crippen molar-refractivity contribution in [3.8, 4) is 11.5 Å². The molecule has 0 unspecified atom stereocenters. The van der Waals surface area contributed by atoms with Gasteiger partial charge in [0.2, 0.25) is 0 Å². The van der Waals surface area contributed by atoms with Crippen molar-refractivity contribution in [1.82, 2.24) is 0 Å². The molecule has 0 spiro atoms. The van der Waals surface area contributed by atoms with Gasteiger partial charge in [0.25, 0.3) is 0 Å². The van der Waals surface area contributed by atoms with Gasteiger partial charge in [-0.1, -0.05) is 139 Å². The average Bonchev–Trinajstić information content (AvgIpc) is 2.93. The fourth-order valence-electron chi connectivity index (χ4n) is 5.05. The van der Waals surface area contributed by atoms with Crippen molar-refractivity contribution in [3.63, 3.8) is 0 Å². The Kier molecular flexibility index (Phi) is 13.2. The molecule has 0 saturated carbocycles. The Morgan fingerprint density at radius 2 is 0.763 bits per heavy atom. The Balaban J connectivity index is 1.68. The molecule has 0 aromatic heterocycles. The molecular weight excluding hydrogens is 472 g/mol. The van der Waals surface area contributed by atoms with E-state index in [0.29, 0.717) is 24.3 Å². The first-order chi connectivity index (χ1) is 18.7. The molecule has 0 N–H and O–H groups in total. The minimum absolute atomic E-state index is 0.211. The van der Waals surface area contributed by atoms with Crippen LogP contribution in [0.5, 0.6) is 11.5 Å². The highest BCUT2D eigenvalue weighted by atomic mass is 16.5. The first-order valence-electron chi connectivity index (χ1n) is 15.0. The van der Waals surface area contributed by atoms with E-state index >= 15 is 0 Å². The standard InChI is InChI=1S/C34H46O4/c1-3-5-7-9-11-13-15-25-31(35)37-33-27-21-17-19-23-29(27)34(30-24-20-18-22-28(30)33)38-32(36)26-16-14-12-10-8-6-4-2/h17-24H,3-16,25-26H2,1-2H3. The van der Waals surface area contributed by atoms with Gasteiger partial charge in [-0.15, -0.1) is 0 Å². The van der Waals surface area contributed by atoms with Crippen molar-refractivity contribution in [2.45, 2.75) is 117 Å². The second-order valence-corrected chi connectivity index (χ2v) is 10.4. The number of esters is 2. The van der Waals surface area contributed by atoms with Crippen molar-refractivity contribution >= 4 is 33.5 Å². The maximum absolute atomic E-state index is 12.8. The van der Waals surface area contributed by atoms with Gasteiger partial charge >= 0.3 is 11.9 Å². The maximum atomic E-state index is 12.8. The topological polar surface area (TPSA) is 52.6 Å². The quantitative estimate of drug-likeness (QED) is 0.0727. The van der Waals surface area contributed by atoms with Crippen LogP contribution >= 0.6 is 0 Å². The highest BCUT2D eigenvalue weighted by Gasteiger charge is 2.19. The van der Waals surface area contributed by atoms with Gasteiger partial charge in [-0.25, -0.2) is 0 Å². The summed E-state index contributed by atoms with van der Waals surface area (Å²) in [5, 5.41) is 3.16. The fourth-order valence-corrected chi connectivity index (χ4v) is 5.05. The molecule has 0 aliphatic heterocycles. The summed E-state index contributed by atoms with van der Waals surface area (Å²) in [6.07, 6.45) is 17.0. The molecule has 0 fully saturated rings. The van der Waals surface area contributed by atoms with Crippen LogP contribution in [0.25, 0.3) is 21.5 Å². The molecule has 0 heterocycles. The first kappa shape index (κ1) is 29.7. The third kappa shape index (κ3) is 9.15. The first-order valence-corrected chi connectivity index (χ1v) is 15.0. The van der Waals surface area contributed by atoms with Crippen LogP contribution in [0.1, 0.15) is 117 Å². The second kappa shape index (κ2) is 16.9. The molecule has 0 saturated heterocycles. The molecule has 0 aliphatic rings. The van der Waals surface area contributed by atoms with E-state index in [9.17, 15) is 9.59 Å². The lowest BCUT2D eigenvalue weighted by atomic mass is 10.0. The van der Waals surface area contributed by atoms with Gasteiger partial charge in [0.05, 0.1) is 0 Å². The van der Waals surface area contributed by atoms with Crippen LogP contribution in [-0.2, 0) is 9.59 Å². The summed E-state index contributed by atoms with van der Waals surface area (Å²) >= 11 is 0. The van der Waals surface area contributed by atoms with Crippen LogP contribution in [0.15, 0.2) is 48.5 Å². The van der Waals surface area contributed by atoms with E-state index in [4.69, 9.17) is 9.47 Å². The van der Waals surface area contributed by atoms with Crippen LogP contribution in [0, 0.1) is 0 Å². The third-order valence-electron chi connectivity index (χ3n) is 7.23. The van der Waals surface area contributed by atoms with Crippen molar-refractivity contribution in [2.24, 2.45) is 0 Å². The summed E-state index contributed by atoms with van der Waals surface area (Å²) in [6, 6.07) is 15.4. The molecular formula is C34H46O4. The SMILES string of the molecule is CCCCCCCCCC(=O)Oc1c2ccccc2c(OC(=O)CCCCCCCCC)c2ccccc12. The van der Waals surface area contributed by atoms with E-state index in [-0.39, 0.29) is 11.9 Å². The third-order valence-corrected chi connectivity index (χ3v) is 7.23. The summed E-state index contributed by atoms with van der Waals surface area (Å²) in [5.41, 5.74) is 0. The Hall–Kier alpha value is -2.88. The van der Waals surface area contributed by atoms with Gasteiger partial charge in [0.15, 0.2) is 0 Å². The minimum Gasteiger partial charge on any atom is -0.425 e. The normalized spacial score (nSPS) is 11.2. The number of unbranched alkanes of at least 4 members (excludes halogenated alkanes) is 12. The van der Waals surface area contributed by atoms with Crippen LogP contribution in [0.4, 0.5) is 0 Å². The number of carbonyl (C=O) groups excluding carboxylic acids is 2. The van der Waals surface area contributed by atoms with E-state index in [0.717, 1.165) is 60.1 Å². The Morgan fingerprint density at radius 1 is 0.474 bits per heavy atom. The Bertz CT molecular complexity index is 1000. The lowest BCUT2D eigenvalue weighted by molar-refractivity contribution is -0.135. The average molecular weight is 519 g/mol. The number of hydrogen-bond donors (Lipinski definition) is 0. The molecule has 3 rings (SSSR count). The van der Waals surface area contributed by atoms with Crippen molar-refractivity contribution in [3.05, 3.63) is 48.5 Å². The molecule has 38 heavy (non-hydrogen) atoms. The summed E-state index contributed by atoms with van der Waals surface area (Å²) in [5.74, 6) is 0.683. The predicted octanol–water partition coefficient (Wildman–Crippen LogP) is 10.1. The molecule has 4 heteroatoms. The molecule has 3 aromatic carbocycles. The summed E-state index contributed by atoms with van der Waals surface area (Å²) < 4.78 is 12.0. The summed E-state index contributed by atoms with van der Waals surface area (Å²) in [6.45, 7) is 4.44. The summed E-state index contributed by atoms with van der Waals surface area (Å²) in [4.78, 5) is 25.6. The van der Waals surface area contributed by atoms with Crippen LogP contribution in [0.3, 0.4) is 0 Å². The van der Waals surface area contributed by atoms with E-state index in [1.807, 2.05) is 48.5 Å². The number of fused-ring (bicyclic) bond motifs is 2. The smallest absolute Gasteiger partial charge is 0.311 e. The molecule has 3 aromatic rings. The summed E-state index contributed by atoms with van der Waals surface area (Å²) in [7, 11) is 0. The predicted molar refractivity (Wildman–Crippen MR) is 158 cm³/mol. The van der Waals surface area contributed by atoms with Crippen LogP contribution in [-0.4, -0.2) is 11.9 Å². The van der Waals surface area contributed by atoms with Crippen molar-refractivity contribution in [1.29, 1.82) is 0 Å². The monoisotopic (exact) mass is 518 g/mol. The van der Waals surface area contributed by atoms with E-state index in [1.165, 1.54) is 51.4 Å². The number of ether oxygens (including phenoxy) is 2. The van der Waals surface area contributed by atoms with Gasteiger partial charge in [-0.05, 0) is 12.8 Å². The number of benzene rings is 3.